The molecule has 0 spiro atoms. The third-order valence-corrected chi connectivity index (χ3v) is 2.53. The topological polar surface area (TPSA) is 55.4 Å². The number of methoxy groups -OCH3 is 1. The van der Waals surface area contributed by atoms with Gasteiger partial charge in [-0.1, -0.05) is 6.42 Å². The lowest BCUT2D eigenvalue weighted by molar-refractivity contribution is -0.121. The zero-order valence-electron chi connectivity index (χ0n) is 8.00. The molecule has 1 N–H and O–H groups in total. The summed E-state index contributed by atoms with van der Waals surface area (Å²) in [5, 5.41) is 2.68. The zero-order chi connectivity index (χ0) is 9.84. The van der Waals surface area contributed by atoms with E-state index in [1.54, 1.807) is 6.92 Å². The highest BCUT2D eigenvalue weighted by atomic mass is 16.5. The second-order valence-electron chi connectivity index (χ2n) is 3.39. The Morgan fingerprint density at radius 2 is 2.08 bits per heavy atom. The molecule has 1 aliphatic carbocycles. The van der Waals surface area contributed by atoms with Gasteiger partial charge in [0.1, 0.15) is 5.78 Å². The number of amides is 1. The highest BCUT2D eigenvalue weighted by molar-refractivity contribution is 5.80. The minimum Gasteiger partial charge on any atom is -0.453 e. The van der Waals surface area contributed by atoms with Gasteiger partial charge >= 0.3 is 6.09 Å². The molecule has 0 saturated heterocycles. The number of Topliss-reactive ketones (excluding diaryl/α,β-unsaturated/α-hetero) is 1. The van der Waals surface area contributed by atoms with E-state index in [0.717, 1.165) is 19.3 Å². The van der Waals surface area contributed by atoms with Gasteiger partial charge in [-0.25, -0.2) is 4.79 Å². The lowest BCUT2D eigenvalue weighted by Crippen LogP contribution is -2.39. The summed E-state index contributed by atoms with van der Waals surface area (Å²) in [6, 6.07) is -0.0232. The van der Waals surface area contributed by atoms with Crippen LogP contribution in [0.25, 0.3) is 0 Å². The smallest absolute Gasteiger partial charge is 0.407 e. The Morgan fingerprint density at radius 1 is 1.38 bits per heavy atom. The lowest BCUT2D eigenvalue weighted by Gasteiger charge is -2.17. The summed E-state index contributed by atoms with van der Waals surface area (Å²) < 4.78 is 4.48. The number of carbonyl (C=O) groups excluding carboxylic acids is 2. The first-order chi connectivity index (χ1) is 6.15. The molecule has 0 heterocycles. The van der Waals surface area contributed by atoms with Crippen LogP contribution in [0.5, 0.6) is 0 Å². The van der Waals surface area contributed by atoms with Crippen molar-refractivity contribution in [3.05, 3.63) is 0 Å². The fourth-order valence-corrected chi connectivity index (χ4v) is 1.83. The first-order valence-electron chi connectivity index (χ1n) is 4.50. The average Bonchev–Trinajstić information content (AvgIpc) is 2.52. The van der Waals surface area contributed by atoms with Gasteiger partial charge in [0.2, 0.25) is 0 Å². The molecule has 4 heteroatoms. The maximum Gasteiger partial charge on any atom is 0.407 e. The van der Waals surface area contributed by atoms with Crippen molar-refractivity contribution in [3.8, 4) is 0 Å². The third-order valence-electron chi connectivity index (χ3n) is 2.53. The largest absolute Gasteiger partial charge is 0.453 e. The van der Waals surface area contributed by atoms with E-state index in [1.165, 1.54) is 7.11 Å². The minimum absolute atomic E-state index is 0.0147. The maximum absolute atomic E-state index is 11.1. The summed E-state index contributed by atoms with van der Waals surface area (Å²) in [6.45, 7) is 1.57. The van der Waals surface area contributed by atoms with E-state index in [0.29, 0.717) is 0 Å². The van der Waals surface area contributed by atoms with Crippen molar-refractivity contribution >= 4 is 11.9 Å². The summed E-state index contributed by atoms with van der Waals surface area (Å²) in [7, 11) is 1.33. The van der Waals surface area contributed by atoms with Gasteiger partial charge in [0.25, 0.3) is 0 Å². The predicted octanol–water partition coefficient (Wildman–Crippen LogP) is 1.10. The first kappa shape index (κ1) is 10.0. The first-order valence-corrected chi connectivity index (χ1v) is 4.50. The summed E-state index contributed by atoms with van der Waals surface area (Å²) in [4.78, 5) is 22.0. The van der Waals surface area contributed by atoms with Crippen LogP contribution < -0.4 is 5.32 Å². The van der Waals surface area contributed by atoms with Gasteiger partial charge in [-0.15, -0.1) is 0 Å². The van der Waals surface area contributed by atoms with Crippen LogP contribution in [0.1, 0.15) is 26.2 Å². The van der Waals surface area contributed by atoms with Crippen molar-refractivity contribution in [2.24, 2.45) is 5.92 Å². The Balaban J connectivity index is 2.48. The molecule has 1 amide bonds. The molecule has 2 atom stereocenters. The highest BCUT2D eigenvalue weighted by Gasteiger charge is 2.31. The van der Waals surface area contributed by atoms with E-state index in [9.17, 15) is 9.59 Å². The molecule has 4 nitrogen and oxygen atoms in total. The normalized spacial score (nSPS) is 26.9. The number of rotatable bonds is 2. The van der Waals surface area contributed by atoms with E-state index in [-0.39, 0.29) is 17.7 Å². The van der Waals surface area contributed by atoms with Gasteiger partial charge in [-0.3, -0.25) is 4.79 Å². The number of ether oxygens (including phenoxy) is 1. The van der Waals surface area contributed by atoms with Gasteiger partial charge in [0.15, 0.2) is 0 Å². The van der Waals surface area contributed by atoms with Crippen LogP contribution in [-0.2, 0) is 9.53 Å². The Labute approximate surface area is 77.6 Å². The maximum atomic E-state index is 11.1. The van der Waals surface area contributed by atoms with Crippen molar-refractivity contribution < 1.29 is 14.3 Å². The van der Waals surface area contributed by atoms with Crippen molar-refractivity contribution in [2.45, 2.75) is 32.2 Å². The summed E-state index contributed by atoms with van der Waals surface area (Å²) >= 11 is 0. The van der Waals surface area contributed by atoms with Crippen LogP contribution in [0, 0.1) is 5.92 Å². The van der Waals surface area contributed by atoms with E-state index in [4.69, 9.17) is 0 Å². The fourth-order valence-electron chi connectivity index (χ4n) is 1.83. The molecule has 0 unspecified atom stereocenters. The van der Waals surface area contributed by atoms with Crippen LogP contribution in [-0.4, -0.2) is 25.0 Å². The molecule has 0 aliphatic heterocycles. The van der Waals surface area contributed by atoms with E-state index >= 15 is 0 Å². The molecule has 0 aromatic carbocycles. The van der Waals surface area contributed by atoms with Gasteiger partial charge < -0.3 is 10.1 Å². The second kappa shape index (κ2) is 4.25. The lowest BCUT2D eigenvalue weighted by atomic mass is 10.00. The molecule has 13 heavy (non-hydrogen) atoms. The Morgan fingerprint density at radius 3 is 2.62 bits per heavy atom. The summed E-state index contributed by atoms with van der Waals surface area (Å²) in [5.74, 6) is 0.137. The average molecular weight is 185 g/mol. The number of hydrogen-bond acceptors (Lipinski definition) is 3. The van der Waals surface area contributed by atoms with Crippen LogP contribution >= 0.6 is 0 Å². The van der Waals surface area contributed by atoms with Crippen LogP contribution in [0.2, 0.25) is 0 Å². The van der Waals surface area contributed by atoms with Crippen molar-refractivity contribution in [1.82, 2.24) is 5.32 Å². The number of nitrogens with one attached hydrogen (secondary N) is 1. The second-order valence-corrected chi connectivity index (χ2v) is 3.39. The molecule has 1 fully saturated rings. The molecular formula is C9H15NO3. The third kappa shape index (κ3) is 2.44. The number of carbonyl (C=O) groups is 2. The number of hydrogen-bond donors (Lipinski definition) is 1. The van der Waals surface area contributed by atoms with Gasteiger partial charge in [-0.05, 0) is 19.8 Å². The van der Waals surface area contributed by atoms with Crippen molar-refractivity contribution in [3.63, 3.8) is 0 Å². The Kier molecular flexibility index (Phi) is 3.28. The molecule has 1 rings (SSSR count). The van der Waals surface area contributed by atoms with Gasteiger partial charge in [0, 0.05) is 12.0 Å². The quantitative estimate of drug-likeness (QED) is 0.700. The van der Waals surface area contributed by atoms with Crippen molar-refractivity contribution in [1.29, 1.82) is 0 Å². The Hall–Kier alpha value is -1.06. The van der Waals surface area contributed by atoms with E-state index in [1.807, 2.05) is 0 Å². The fraction of sp³-hybridized carbons (Fsp3) is 0.778. The molecule has 1 aliphatic rings. The minimum atomic E-state index is -0.446. The van der Waals surface area contributed by atoms with E-state index in [2.05, 4.69) is 10.1 Å². The monoisotopic (exact) mass is 185 g/mol. The molecule has 0 aromatic rings. The molecular weight excluding hydrogens is 170 g/mol. The Bertz CT molecular complexity index is 215. The summed E-state index contributed by atoms with van der Waals surface area (Å²) in [5.41, 5.74) is 0. The van der Waals surface area contributed by atoms with Crippen LogP contribution in [0.4, 0.5) is 4.79 Å². The zero-order valence-corrected chi connectivity index (χ0v) is 8.00. The highest BCUT2D eigenvalue weighted by Crippen LogP contribution is 2.26. The molecule has 1 saturated carbocycles. The predicted molar refractivity (Wildman–Crippen MR) is 47.4 cm³/mol. The SMILES string of the molecule is COC(=O)N[C@@H]1CCC[C@@H]1C(C)=O. The van der Waals surface area contributed by atoms with Crippen LogP contribution in [0.3, 0.4) is 0 Å². The van der Waals surface area contributed by atoms with Crippen molar-refractivity contribution in [2.75, 3.05) is 7.11 Å². The number of ketones is 1. The molecule has 0 radical (unpaired) electrons. The summed E-state index contributed by atoms with van der Waals surface area (Å²) in [6.07, 6.45) is 2.31. The van der Waals surface area contributed by atoms with Crippen LogP contribution in [0.15, 0.2) is 0 Å². The molecule has 74 valence electrons. The van der Waals surface area contributed by atoms with Gasteiger partial charge in [0.05, 0.1) is 7.11 Å². The standard InChI is InChI=1S/C9H15NO3/c1-6(11)7-4-3-5-8(7)10-9(12)13-2/h7-8H,3-5H2,1-2H3,(H,10,12)/t7-,8-/m1/s1. The van der Waals surface area contributed by atoms with E-state index < -0.39 is 6.09 Å². The molecule has 0 aromatic heterocycles. The number of alkyl carbamates (subject to hydrolysis) is 1. The molecule has 0 bridgehead atoms. The van der Waals surface area contributed by atoms with Gasteiger partial charge in [-0.2, -0.15) is 0 Å².